The fraction of sp³-hybridized carbons (Fsp3) is 0.529. The van der Waals surface area contributed by atoms with Gasteiger partial charge in [-0.2, -0.15) is 0 Å². The topological polar surface area (TPSA) is 61.4 Å². The Morgan fingerprint density at radius 2 is 1.87 bits per heavy atom. The van der Waals surface area contributed by atoms with E-state index in [2.05, 4.69) is 31.5 Å². The minimum absolute atomic E-state index is 0.0128. The predicted octanol–water partition coefficient (Wildman–Crippen LogP) is 2.63. The molecule has 2 rings (SSSR count). The van der Waals surface area contributed by atoms with Crippen molar-refractivity contribution in [3.8, 4) is 0 Å². The maximum absolute atomic E-state index is 12.1. The number of nitrogens with zero attached hydrogens (tertiary/aromatic N) is 1. The monoisotopic (exact) mass is 381 g/mol. The number of carbonyl (C=O) groups is 2. The summed E-state index contributed by atoms with van der Waals surface area (Å²) in [7, 11) is 0. The van der Waals surface area contributed by atoms with Crippen LogP contribution in [-0.2, 0) is 9.59 Å². The second-order valence-electron chi connectivity index (χ2n) is 5.90. The van der Waals surface area contributed by atoms with E-state index in [-0.39, 0.29) is 17.7 Å². The van der Waals surface area contributed by atoms with Gasteiger partial charge in [0.25, 0.3) is 0 Å². The molecule has 0 bridgehead atoms. The zero-order valence-corrected chi connectivity index (χ0v) is 15.1. The number of hydrogen-bond donors (Lipinski definition) is 2. The van der Waals surface area contributed by atoms with E-state index in [1.807, 2.05) is 31.2 Å². The number of piperidine rings is 1. The van der Waals surface area contributed by atoms with Crippen molar-refractivity contribution >= 4 is 33.4 Å². The van der Waals surface area contributed by atoms with E-state index in [9.17, 15) is 9.59 Å². The van der Waals surface area contributed by atoms with Gasteiger partial charge in [-0.25, -0.2) is 0 Å². The van der Waals surface area contributed by atoms with E-state index in [1.54, 1.807) is 0 Å². The first-order valence-corrected chi connectivity index (χ1v) is 8.93. The van der Waals surface area contributed by atoms with Gasteiger partial charge in [0.1, 0.15) is 0 Å². The molecular formula is C17H24BrN3O2. The molecule has 2 N–H and O–H groups in total. The van der Waals surface area contributed by atoms with Gasteiger partial charge >= 0.3 is 0 Å². The van der Waals surface area contributed by atoms with Crippen molar-refractivity contribution in [2.45, 2.75) is 26.2 Å². The van der Waals surface area contributed by atoms with Crippen LogP contribution in [0.3, 0.4) is 0 Å². The quantitative estimate of drug-likeness (QED) is 0.795. The van der Waals surface area contributed by atoms with Crippen molar-refractivity contribution in [1.29, 1.82) is 0 Å². The lowest BCUT2D eigenvalue weighted by Crippen LogP contribution is -2.43. The Morgan fingerprint density at radius 3 is 2.48 bits per heavy atom. The van der Waals surface area contributed by atoms with E-state index in [0.717, 1.165) is 49.1 Å². The molecule has 1 aromatic carbocycles. The van der Waals surface area contributed by atoms with Crippen LogP contribution >= 0.6 is 15.9 Å². The molecule has 2 amide bonds. The van der Waals surface area contributed by atoms with Crippen LogP contribution in [0.2, 0.25) is 0 Å². The Kier molecular flexibility index (Phi) is 7.05. The summed E-state index contributed by atoms with van der Waals surface area (Å²) in [5.41, 5.74) is 0.798. The number of carbonyl (C=O) groups excluding carboxylic acids is 2. The van der Waals surface area contributed by atoms with Gasteiger partial charge in [-0.05, 0) is 56.6 Å². The average Bonchev–Trinajstić information content (AvgIpc) is 2.55. The number of anilines is 1. The summed E-state index contributed by atoms with van der Waals surface area (Å²) in [6, 6.07) is 7.53. The molecule has 0 spiro atoms. The van der Waals surface area contributed by atoms with Crippen LogP contribution in [0.1, 0.15) is 26.2 Å². The van der Waals surface area contributed by atoms with Gasteiger partial charge in [0.15, 0.2) is 0 Å². The van der Waals surface area contributed by atoms with Gasteiger partial charge in [-0.1, -0.05) is 22.9 Å². The van der Waals surface area contributed by atoms with Crippen molar-refractivity contribution in [3.63, 3.8) is 0 Å². The highest BCUT2D eigenvalue weighted by Gasteiger charge is 2.25. The van der Waals surface area contributed by atoms with E-state index >= 15 is 0 Å². The molecule has 1 aliphatic heterocycles. The van der Waals surface area contributed by atoms with Gasteiger partial charge in [0.2, 0.25) is 11.8 Å². The molecule has 126 valence electrons. The Hall–Kier alpha value is -1.40. The molecule has 1 saturated heterocycles. The van der Waals surface area contributed by atoms with E-state index < -0.39 is 0 Å². The van der Waals surface area contributed by atoms with Crippen LogP contribution in [0.15, 0.2) is 28.7 Å². The molecular weight excluding hydrogens is 358 g/mol. The molecule has 0 atom stereocenters. The van der Waals surface area contributed by atoms with E-state index in [1.165, 1.54) is 0 Å². The van der Waals surface area contributed by atoms with E-state index in [4.69, 9.17) is 0 Å². The molecule has 1 aromatic rings. The summed E-state index contributed by atoms with van der Waals surface area (Å²) in [5.74, 6) is 0.236. The maximum atomic E-state index is 12.1. The molecule has 23 heavy (non-hydrogen) atoms. The Balaban J connectivity index is 1.72. The lowest BCUT2D eigenvalue weighted by molar-refractivity contribution is -0.126. The van der Waals surface area contributed by atoms with Gasteiger partial charge < -0.3 is 10.6 Å². The van der Waals surface area contributed by atoms with E-state index in [0.29, 0.717) is 6.54 Å². The molecule has 0 saturated carbocycles. The van der Waals surface area contributed by atoms with Gasteiger partial charge in [0.05, 0.1) is 6.54 Å². The molecule has 1 heterocycles. The molecule has 0 aliphatic carbocycles. The van der Waals surface area contributed by atoms with Crippen LogP contribution in [0, 0.1) is 5.92 Å². The SMILES string of the molecule is CCCNC(=O)C1CCN(CC(=O)Nc2ccc(Br)cc2)CC1. The fourth-order valence-corrected chi connectivity index (χ4v) is 2.95. The first-order valence-electron chi connectivity index (χ1n) is 8.14. The highest BCUT2D eigenvalue weighted by atomic mass is 79.9. The number of nitrogens with one attached hydrogen (secondary N) is 2. The number of benzene rings is 1. The fourth-order valence-electron chi connectivity index (χ4n) is 2.68. The predicted molar refractivity (Wildman–Crippen MR) is 95.2 cm³/mol. The Bertz CT molecular complexity index is 525. The van der Waals surface area contributed by atoms with Crippen LogP contribution in [0.25, 0.3) is 0 Å². The number of halogens is 1. The smallest absolute Gasteiger partial charge is 0.238 e. The molecule has 6 heteroatoms. The molecule has 0 radical (unpaired) electrons. The van der Waals surface area contributed by atoms with Crippen LogP contribution in [0.5, 0.6) is 0 Å². The molecule has 1 fully saturated rings. The third kappa shape index (κ3) is 5.95. The minimum Gasteiger partial charge on any atom is -0.356 e. The lowest BCUT2D eigenvalue weighted by atomic mass is 9.96. The van der Waals surface area contributed by atoms with Crippen LogP contribution < -0.4 is 10.6 Å². The first kappa shape index (κ1) is 17.9. The van der Waals surface area contributed by atoms with Crippen molar-refractivity contribution in [1.82, 2.24) is 10.2 Å². The van der Waals surface area contributed by atoms with Gasteiger partial charge in [-0.15, -0.1) is 0 Å². The molecule has 0 unspecified atom stereocenters. The first-order chi connectivity index (χ1) is 11.1. The summed E-state index contributed by atoms with van der Waals surface area (Å²) >= 11 is 3.37. The summed E-state index contributed by atoms with van der Waals surface area (Å²) in [6.07, 6.45) is 2.60. The number of likely N-dealkylation sites (tertiary alicyclic amines) is 1. The summed E-state index contributed by atoms with van der Waals surface area (Å²) in [6.45, 7) is 4.75. The Labute approximate surface area is 145 Å². The lowest BCUT2D eigenvalue weighted by Gasteiger charge is -2.30. The molecule has 0 aromatic heterocycles. The molecule has 1 aliphatic rings. The minimum atomic E-state index is -0.0128. The largest absolute Gasteiger partial charge is 0.356 e. The second-order valence-corrected chi connectivity index (χ2v) is 6.81. The number of amides is 2. The second kappa shape index (κ2) is 9.03. The van der Waals surface area contributed by atoms with Crippen LogP contribution in [0.4, 0.5) is 5.69 Å². The summed E-state index contributed by atoms with van der Waals surface area (Å²) < 4.78 is 0.985. The van der Waals surface area contributed by atoms with Crippen LogP contribution in [-0.4, -0.2) is 42.9 Å². The standard InChI is InChI=1S/C17H24BrN3O2/c1-2-9-19-17(23)13-7-10-21(11-8-13)12-16(22)20-15-5-3-14(18)4-6-15/h3-6,13H,2,7-12H2,1H3,(H,19,23)(H,20,22). The highest BCUT2D eigenvalue weighted by Crippen LogP contribution is 2.18. The maximum Gasteiger partial charge on any atom is 0.238 e. The summed E-state index contributed by atoms with van der Waals surface area (Å²) in [4.78, 5) is 26.1. The molecule has 5 nitrogen and oxygen atoms in total. The zero-order valence-electron chi connectivity index (χ0n) is 13.5. The van der Waals surface area contributed by atoms with Crippen molar-refractivity contribution in [2.24, 2.45) is 5.92 Å². The number of rotatable bonds is 6. The third-order valence-electron chi connectivity index (χ3n) is 4.00. The summed E-state index contributed by atoms with van der Waals surface area (Å²) in [5, 5.41) is 5.85. The zero-order chi connectivity index (χ0) is 16.7. The third-order valence-corrected chi connectivity index (χ3v) is 4.53. The Morgan fingerprint density at radius 1 is 1.22 bits per heavy atom. The van der Waals surface area contributed by atoms with Crippen molar-refractivity contribution in [3.05, 3.63) is 28.7 Å². The normalized spacial score (nSPS) is 16.1. The number of hydrogen-bond acceptors (Lipinski definition) is 3. The average molecular weight is 382 g/mol. The van der Waals surface area contributed by atoms with Gasteiger partial charge in [-0.3, -0.25) is 14.5 Å². The van der Waals surface area contributed by atoms with Gasteiger partial charge in [0, 0.05) is 22.6 Å². The highest BCUT2D eigenvalue weighted by molar-refractivity contribution is 9.10. The van der Waals surface area contributed by atoms with Crippen molar-refractivity contribution < 1.29 is 9.59 Å². The van der Waals surface area contributed by atoms with Crippen molar-refractivity contribution in [2.75, 3.05) is 31.5 Å².